The second kappa shape index (κ2) is 9.01. The standard InChI is InChI=1S/C22H20F3N7OS/c1-13-26-12-19(34-13)20-17(25)11-27-21(29-20)30-4-6-31(7-5-30)22(33)32-18(2-3-28-32)14-8-15(23)10-16(24)9-14/h3,8-12,18H,2,4-7H2,1H3. The molecule has 3 aromatic rings. The van der Waals surface area contributed by atoms with Crippen molar-refractivity contribution in [3.8, 4) is 10.6 Å². The van der Waals surface area contributed by atoms with Crippen LogP contribution in [0.1, 0.15) is 23.0 Å². The van der Waals surface area contributed by atoms with Gasteiger partial charge in [0.2, 0.25) is 5.95 Å². The van der Waals surface area contributed by atoms with Gasteiger partial charge in [0.25, 0.3) is 0 Å². The molecule has 1 saturated heterocycles. The zero-order valence-corrected chi connectivity index (χ0v) is 19.0. The fourth-order valence-electron chi connectivity index (χ4n) is 4.04. The lowest BCUT2D eigenvalue weighted by Crippen LogP contribution is -2.52. The number of urea groups is 1. The molecular weight excluding hydrogens is 467 g/mol. The first-order valence-corrected chi connectivity index (χ1v) is 11.5. The number of carbonyl (C=O) groups is 1. The summed E-state index contributed by atoms with van der Waals surface area (Å²) in [6.07, 6.45) is 4.67. The predicted octanol–water partition coefficient (Wildman–Crippen LogP) is 4.00. The van der Waals surface area contributed by atoms with Gasteiger partial charge in [-0.3, -0.25) is 0 Å². The van der Waals surface area contributed by atoms with Crippen molar-refractivity contribution in [1.82, 2.24) is 24.9 Å². The maximum Gasteiger partial charge on any atom is 0.341 e. The van der Waals surface area contributed by atoms with Crippen LogP contribution in [0.3, 0.4) is 0 Å². The van der Waals surface area contributed by atoms with E-state index in [1.807, 2.05) is 11.8 Å². The van der Waals surface area contributed by atoms with Crippen molar-refractivity contribution in [2.45, 2.75) is 19.4 Å². The molecule has 2 aliphatic heterocycles. The molecule has 0 aliphatic carbocycles. The van der Waals surface area contributed by atoms with Crippen LogP contribution >= 0.6 is 11.3 Å². The first-order valence-electron chi connectivity index (χ1n) is 10.7. The number of halogens is 3. The van der Waals surface area contributed by atoms with E-state index in [-0.39, 0.29) is 11.7 Å². The van der Waals surface area contributed by atoms with E-state index in [4.69, 9.17) is 0 Å². The van der Waals surface area contributed by atoms with E-state index in [0.717, 1.165) is 17.3 Å². The maximum absolute atomic E-state index is 14.3. The van der Waals surface area contributed by atoms with Gasteiger partial charge in [-0.2, -0.15) is 5.10 Å². The summed E-state index contributed by atoms with van der Waals surface area (Å²) in [5.74, 6) is -1.54. The molecule has 0 N–H and O–H groups in total. The lowest BCUT2D eigenvalue weighted by atomic mass is 10.0. The summed E-state index contributed by atoms with van der Waals surface area (Å²) >= 11 is 1.35. The number of aryl methyl sites for hydroxylation is 1. The third-order valence-corrected chi connectivity index (χ3v) is 6.63. The predicted molar refractivity (Wildman–Crippen MR) is 121 cm³/mol. The topological polar surface area (TPSA) is 77.8 Å². The van der Waals surface area contributed by atoms with Crippen LogP contribution in [0.4, 0.5) is 23.9 Å². The Labute approximate surface area is 197 Å². The molecule has 2 aromatic heterocycles. The van der Waals surface area contributed by atoms with Crippen molar-refractivity contribution in [1.29, 1.82) is 0 Å². The Morgan fingerprint density at radius 1 is 1.03 bits per heavy atom. The number of hydrazone groups is 1. The highest BCUT2D eigenvalue weighted by Gasteiger charge is 2.34. The Morgan fingerprint density at radius 2 is 1.76 bits per heavy atom. The monoisotopic (exact) mass is 487 g/mol. The molecule has 1 aromatic carbocycles. The van der Waals surface area contributed by atoms with Gasteiger partial charge >= 0.3 is 6.03 Å². The molecule has 176 valence electrons. The smallest absolute Gasteiger partial charge is 0.337 e. The summed E-state index contributed by atoms with van der Waals surface area (Å²) in [7, 11) is 0. The number of carbonyl (C=O) groups excluding carboxylic acids is 1. The van der Waals surface area contributed by atoms with E-state index in [2.05, 4.69) is 20.1 Å². The third-order valence-electron chi connectivity index (χ3n) is 5.71. The van der Waals surface area contributed by atoms with Crippen LogP contribution < -0.4 is 4.90 Å². The summed E-state index contributed by atoms with van der Waals surface area (Å²) in [4.78, 5) is 29.9. The molecule has 5 rings (SSSR count). The second-order valence-electron chi connectivity index (χ2n) is 7.96. The molecule has 0 bridgehead atoms. The number of rotatable bonds is 3. The highest BCUT2D eigenvalue weighted by Crippen LogP contribution is 2.31. The number of amides is 2. The van der Waals surface area contributed by atoms with Crippen molar-refractivity contribution in [2.75, 3.05) is 31.1 Å². The van der Waals surface area contributed by atoms with Gasteiger partial charge < -0.3 is 9.80 Å². The summed E-state index contributed by atoms with van der Waals surface area (Å²) in [6, 6.07) is 2.32. The van der Waals surface area contributed by atoms with E-state index in [0.29, 0.717) is 49.0 Å². The number of aromatic nitrogens is 3. The number of thiazole rings is 1. The van der Waals surface area contributed by atoms with Crippen LogP contribution in [-0.4, -0.2) is 63.3 Å². The molecule has 8 nitrogen and oxygen atoms in total. The van der Waals surface area contributed by atoms with Gasteiger partial charge in [0.15, 0.2) is 5.82 Å². The van der Waals surface area contributed by atoms with Crippen molar-refractivity contribution in [3.63, 3.8) is 0 Å². The molecule has 0 saturated carbocycles. The Balaban J connectivity index is 1.27. The number of anilines is 1. The molecule has 34 heavy (non-hydrogen) atoms. The van der Waals surface area contributed by atoms with Crippen LogP contribution in [0.15, 0.2) is 35.7 Å². The van der Waals surface area contributed by atoms with Crippen LogP contribution in [0.2, 0.25) is 0 Å². The van der Waals surface area contributed by atoms with Gasteiger partial charge in [0.1, 0.15) is 17.3 Å². The lowest BCUT2D eigenvalue weighted by Gasteiger charge is -2.37. The molecule has 0 spiro atoms. The van der Waals surface area contributed by atoms with Crippen molar-refractivity contribution >= 4 is 29.5 Å². The van der Waals surface area contributed by atoms with E-state index < -0.39 is 23.5 Å². The normalized spacial score (nSPS) is 18.1. The van der Waals surface area contributed by atoms with Gasteiger partial charge in [-0.25, -0.2) is 37.9 Å². The molecule has 1 fully saturated rings. The number of hydrogen-bond donors (Lipinski definition) is 0. The van der Waals surface area contributed by atoms with E-state index >= 15 is 0 Å². The number of hydrogen-bond acceptors (Lipinski definition) is 7. The quantitative estimate of drug-likeness (QED) is 0.558. The minimum atomic E-state index is -0.699. The van der Waals surface area contributed by atoms with Crippen LogP contribution in [-0.2, 0) is 0 Å². The third kappa shape index (κ3) is 4.32. The fourth-order valence-corrected chi connectivity index (χ4v) is 4.81. The summed E-state index contributed by atoms with van der Waals surface area (Å²) in [5, 5.41) is 6.23. The number of benzene rings is 1. The maximum atomic E-state index is 14.3. The fraction of sp³-hybridized carbons (Fsp3) is 0.318. The molecule has 2 aliphatic rings. The Kier molecular flexibility index (Phi) is 5.90. The molecular formula is C22H20F3N7OS. The first kappa shape index (κ1) is 22.3. The van der Waals surface area contributed by atoms with Crippen LogP contribution in [0, 0.1) is 24.4 Å². The largest absolute Gasteiger partial charge is 0.341 e. The first-order chi connectivity index (χ1) is 16.4. The zero-order chi connectivity index (χ0) is 23.8. The van der Waals surface area contributed by atoms with E-state index in [1.165, 1.54) is 28.5 Å². The summed E-state index contributed by atoms with van der Waals surface area (Å²) in [5.41, 5.74) is 0.554. The number of nitrogens with zero attached hydrogens (tertiary/aromatic N) is 7. The second-order valence-corrected chi connectivity index (χ2v) is 9.20. The van der Waals surface area contributed by atoms with E-state index in [9.17, 15) is 18.0 Å². The van der Waals surface area contributed by atoms with Crippen molar-refractivity contribution < 1.29 is 18.0 Å². The van der Waals surface area contributed by atoms with Crippen molar-refractivity contribution in [3.05, 3.63) is 58.6 Å². The zero-order valence-electron chi connectivity index (χ0n) is 18.2. The minimum absolute atomic E-state index is 0.200. The summed E-state index contributed by atoms with van der Waals surface area (Å²) in [6.45, 7) is 3.45. The highest BCUT2D eigenvalue weighted by molar-refractivity contribution is 7.15. The van der Waals surface area contributed by atoms with Gasteiger partial charge in [0.05, 0.1) is 22.1 Å². The van der Waals surface area contributed by atoms with Gasteiger partial charge in [0, 0.05) is 51.1 Å². The molecule has 0 radical (unpaired) electrons. The Morgan fingerprint density at radius 3 is 2.44 bits per heavy atom. The SMILES string of the molecule is Cc1ncc(-c2nc(N3CCN(C(=O)N4N=CCC4c4cc(F)cc(F)c4)CC3)ncc2F)s1. The van der Waals surface area contributed by atoms with Gasteiger partial charge in [-0.15, -0.1) is 11.3 Å². The highest BCUT2D eigenvalue weighted by atomic mass is 32.1. The van der Waals surface area contributed by atoms with Gasteiger partial charge in [-0.1, -0.05) is 0 Å². The average Bonchev–Trinajstić information content (AvgIpc) is 3.48. The molecule has 1 unspecified atom stereocenters. The minimum Gasteiger partial charge on any atom is -0.337 e. The lowest BCUT2D eigenvalue weighted by molar-refractivity contribution is 0.139. The summed E-state index contributed by atoms with van der Waals surface area (Å²) < 4.78 is 41.7. The van der Waals surface area contributed by atoms with Gasteiger partial charge in [-0.05, 0) is 24.6 Å². The molecule has 4 heterocycles. The Bertz CT molecular complexity index is 1240. The van der Waals surface area contributed by atoms with E-state index in [1.54, 1.807) is 17.3 Å². The van der Waals surface area contributed by atoms with Crippen LogP contribution in [0.5, 0.6) is 0 Å². The van der Waals surface area contributed by atoms with Crippen LogP contribution in [0.25, 0.3) is 10.6 Å². The molecule has 12 heteroatoms. The number of piperazine rings is 1. The molecule has 1 atom stereocenters. The Hall–Kier alpha value is -3.54. The molecule has 2 amide bonds. The van der Waals surface area contributed by atoms with Crippen molar-refractivity contribution in [2.24, 2.45) is 5.10 Å². The average molecular weight is 488 g/mol.